The lowest BCUT2D eigenvalue weighted by molar-refractivity contribution is -0.153. The Morgan fingerprint density at radius 1 is 1.34 bits per heavy atom. The molecule has 1 unspecified atom stereocenters. The fourth-order valence-corrected chi connectivity index (χ4v) is 5.61. The maximum absolute atomic E-state index is 12.9. The zero-order chi connectivity index (χ0) is 21.1. The highest BCUT2D eigenvalue weighted by atomic mass is 32.2. The van der Waals surface area contributed by atoms with Crippen molar-refractivity contribution in [2.24, 2.45) is 0 Å². The van der Waals surface area contributed by atoms with Gasteiger partial charge < -0.3 is 14.2 Å². The summed E-state index contributed by atoms with van der Waals surface area (Å²) in [4.78, 5) is -0.171. The highest BCUT2D eigenvalue weighted by Gasteiger charge is 2.43. The minimum absolute atomic E-state index is 0.0584. The molecule has 0 aliphatic carbocycles. The van der Waals surface area contributed by atoms with E-state index in [9.17, 15) is 17.2 Å². The molecule has 11 heteroatoms. The van der Waals surface area contributed by atoms with Crippen LogP contribution in [0.4, 0.5) is 8.78 Å². The van der Waals surface area contributed by atoms with E-state index in [0.29, 0.717) is 44.0 Å². The van der Waals surface area contributed by atoms with Crippen molar-refractivity contribution in [2.75, 3.05) is 39.5 Å². The van der Waals surface area contributed by atoms with Crippen LogP contribution < -0.4 is 0 Å². The maximum Gasteiger partial charge on any atom is 0.333 e. The zero-order valence-electron chi connectivity index (χ0n) is 16.9. The molecule has 3 rings (SSSR count). The largest absolute Gasteiger partial charge is 0.379 e. The highest BCUT2D eigenvalue weighted by molar-refractivity contribution is 7.89. The molecule has 0 aromatic carbocycles. The summed E-state index contributed by atoms with van der Waals surface area (Å²) in [7, 11) is -3.88. The van der Waals surface area contributed by atoms with Gasteiger partial charge in [0.05, 0.1) is 36.8 Å². The van der Waals surface area contributed by atoms with Gasteiger partial charge in [0.15, 0.2) is 0 Å². The van der Waals surface area contributed by atoms with Crippen LogP contribution >= 0.6 is 0 Å². The first kappa shape index (κ1) is 22.5. The molecule has 2 aliphatic rings. The molecular formula is C18H29F2N3O5S. The molecule has 8 nitrogen and oxygen atoms in total. The molecule has 0 radical (unpaired) electrons. The van der Waals surface area contributed by atoms with E-state index >= 15 is 0 Å². The van der Waals surface area contributed by atoms with Gasteiger partial charge in [0.25, 0.3) is 0 Å². The summed E-state index contributed by atoms with van der Waals surface area (Å²) >= 11 is 0. The monoisotopic (exact) mass is 437 g/mol. The Balaban J connectivity index is 1.61. The van der Waals surface area contributed by atoms with E-state index < -0.39 is 22.2 Å². The number of sulfonamides is 1. The van der Waals surface area contributed by atoms with Gasteiger partial charge in [-0.1, -0.05) is 0 Å². The molecule has 1 atom stereocenters. The highest BCUT2D eigenvalue weighted by Crippen LogP contribution is 2.37. The van der Waals surface area contributed by atoms with Gasteiger partial charge in [-0.3, -0.25) is 0 Å². The van der Waals surface area contributed by atoms with Gasteiger partial charge in [-0.25, -0.2) is 13.1 Å². The summed E-state index contributed by atoms with van der Waals surface area (Å²) < 4.78 is 70.7. The summed E-state index contributed by atoms with van der Waals surface area (Å²) in [6.45, 7) is 3.26. The van der Waals surface area contributed by atoms with Crippen molar-refractivity contribution in [1.82, 2.24) is 14.1 Å². The number of alkyl halides is 2. The molecule has 1 aromatic heterocycles. The van der Waals surface area contributed by atoms with Crippen LogP contribution in [0.5, 0.6) is 0 Å². The second-order valence-electron chi connectivity index (χ2n) is 7.43. The lowest BCUT2D eigenvalue weighted by atomic mass is 9.84. The van der Waals surface area contributed by atoms with Crippen molar-refractivity contribution in [3.05, 3.63) is 11.9 Å². The molecule has 1 aromatic rings. The lowest BCUT2D eigenvalue weighted by Crippen LogP contribution is -2.52. The molecule has 0 saturated carbocycles. The first-order valence-corrected chi connectivity index (χ1v) is 11.4. The van der Waals surface area contributed by atoms with Crippen molar-refractivity contribution in [3.63, 3.8) is 0 Å². The Hall–Kier alpha value is -1.14. The van der Waals surface area contributed by atoms with E-state index in [1.807, 2.05) is 6.92 Å². The van der Waals surface area contributed by atoms with E-state index in [2.05, 4.69) is 5.10 Å². The predicted octanol–water partition coefficient (Wildman–Crippen LogP) is 2.34. The van der Waals surface area contributed by atoms with Crippen LogP contribution in [0.15, 0.2) is 11.1 Å². The molecule has 0 amide bonds. The number of rotatable bonds is 8. The average molecular weight is 438 g/mol. The van der Waals surface area contributed by atoms with Crippen LogP contribution in [-0.4, -0.2) is 73.7 Å². The van der Waals surface area contributed by atoms with E-state index in [1.54, 1.807) is 0 Å². The summed E-state index contributed by atoms with van der Waals surface area (Å²) in [6, 6.07) is 0. The number of nitrogens with zero attached hydrogens (tertiary/aromatic N) is 3. The molecule has 0 N–H and O–H groups in total. The Kier molecular flexibility index (Phi) is 7.26. The topological polar surface area (TPSA) is 82.9 Å². The molecule has 1 spiro atoms. The Morgan fingerprint density at radius 2 is 2.07 bits per heavy atom. The third-order valence-electron chi connectivity index (χ3n) is 5.67. The smallest absolute Gasteiger partial charge is 0.333 e. The van der Waals surface area contributed by atoms with Crippen LogP contribution in [0, 0.1) is 6.92 Å². The minimum Gasteiger partial charge on any atom is -0.379 e. The van der Waals surface area contributed by atoms with Crippen molar-refractivity contribution in [2.45, 2.75) is 62.7 Å². The molecule has 0 bridgehead atoms. The quantitative estimate of drug-likeness (QED) is 0.581. The van der Waals surface area contributed by atoms with Crippen molar-refractivity contribution >= 4 is 10.0 Å². The zero-order valence-corrected chi connectivity index (χ0v) is 17.7. The summed E-state index contributed by atoms with van der Waals surface area (Å²) in [6.07, 6.45) is 3.68. The van der Waals surface area contributed by atoms with Crippen molar-refractivity contribution in [1.29, 1.82) is 0 Å². The lowest BCUT2D eigenvalue weighted by Gasteiger charge is -2.45. The first-order valence-electron chi connectivity index (χ1n) is 9.95. The van der Waals surface area contributed by atoms with E-state index in [1.165, 1.54) is 11.2 Å². The summed E-state index contributed by atoms with van der Waals surface area (Å²) in [5, 5.41) is 3.52. The Morgan fingerprint density at radius 3 is 2.69 bits per heavy atom. The molecule has 2 fully saturated rings. The molecule has 3 heterocycles. The molecule has 29 heavy (non-hydrogen) atoms. The fraction of sp³-hybridized carbons (Fsp3) is 0.833. The van der Waals surface area contributed by atoms with Crippen molar-refractivity contribution in [3.8, 4) is 0 Å². The van der Waals surface area contributed by atoms with Gasteiger partial charge in [-0.2, -0.15) is 18.2 Å². The number of piperidine rings is 1. The maximum atomic E-state index is 12.9. The van der Waals surface area contributed by atoms with Gasteiger partial charge in [-0.05, 0) is 33.1 Å². The number of aromatic nitrogens is 2. The van der Waals surface area contributed by atoms with Gasteiger partial charge in [0.1, 0.15) is 4.90 Å². The second-order valence-corrected chi connectivity index (χ2v) is 9.34. The summed E-state index contributed by atoms with van der Waals surface area (Å²) in [5.41, 5.74) is -0.458. The third-order valence-corrected chi connectivity index (χ3v) is 7.67. The SMILES string of the molecule is CCOCCOC1CCOC2(CCN(S(=O)(=O)c3cnn(C(F)F)c3C)CC2)C1. The van der Waals surface area contributed by atoms with Crippen LogP contribution in [0.3, 0.4) is 0 Å². The number of hydrogen-bond acceptors (Lipinski definition) is 6. The second kappa shape index (κ2) is 9.34. The van der Waals surface area contributed by atoms with E-state index in [-0.39, 0.29) is 29.8 Å². The number of halogens is 2. The molecule has 166 valence electrons. The number of hydrogen-bond donors (Lipinski definition) is 0. The van der Waals surface area contributed by atoms with Gasteiger partial charge >= 0.3 is 6.55 Å². The van der Waals surface area contributed by atoms with Gasteiger partial charge in [0, 0.05) is 32.7 Å². The summed E-state index contributed by atoms with van der Waals surface area (Å²) in [5.74, 6) is 0. The van der Waals surface area contributed by atoms with Crippen LogP contribution in [0.25, 0.3) is 0 Å². The van der Waals surface area contributed by atoms with Crippen LogP contribution in [0.1, 0.15) is 44.9 Å². The van der Waals surface area contributed by atoms with Gasteiger partial charge in [-0.15, -0.1) is 0 Å². The van der Waals surface area contributed by atoms with E-state index in [4.69, 9.17) is 14.2 Å². The standard InChI is InChI=1S/C18H29F2N3O5S/c1-3-26-10-11-27-15-4-9-28-18(12-15)5-7-22(8-6-18)29(24,25)16-13-21-23(14(16)2)17(19)20/h13,15,17H,3-12H2,1-2H3. The van der Waals surface area contributed by atoms with E-state index in [0.717, 1.165) is 19.0 Å². The van der Waals surface area contributed by atoms with Crippen LogP contribution in [-0.2, 0) is 24.2 Å². The Labute approximate surface area is 170 Å². The molecule has 2 saturated heterocycles. The molecule has 2 aliphatic heterocycles. The normalized spacial score (nSPS) is 23.1. The van der Waals surface area contributed by atoms with Crippen molar-refractivity contribution < 1.29 is 31.4 Å². The average Bonchev–Trinajstić information content (AvgIpc) is 3.08. The van der Waals surface area contributed by atoms with Crippen LogP contribution in [0.2, 0.25) is 0 Å². The third kappa shape index (κ3) is 4.96. The van der Waals surface area contributed by atoms with Gasteiger partial charge in [0.2, 0.25) is 10.0 Å². The Bertz CT molecular complexity index is 778. The number of ether oxygens (including phenoxy) is 3. The first-order chi connectivity index (χ1) is 13.8. The molecular weight excluding hydrogens is 408 g/mol. The fourth-order valence-electron chi connectivity index (χ4n) is 4.02. The predicted molar refractivity (Wildman–Crippen MR) is 100 cm³/mol. The minimum atomic E-state index is -3.88.